The topological polar surface area (TPSA) is 26.3 Å². The van der Waals surface area contributed by atoms with Gasteiger partial charge in [0.05, 0.1) is 12.7 Å². The number of Topliss-reactive ketones (excluding diaryl/α,β-unsaturated/α-hetero) is 1. The molecule has 1 aliphatic heterocycles. The molecule has 1 atom stereocenters. The van der Waals surface area contributed by atoms with E-state index < -0.39 is 0 Å². The second kappa shape index (κ2) is 4.15. The Morgan fingerprint density at radius 3 is 2.87 bits per heavy atom. The molecule has 80 valence electrons. The van der Waals surface area contributed by atoms with E-state index in [0.29, 0.717) is 25.2 Å². The Kier molecular flexibility index (Phi) is 2.87. The van der Waals surface area contributed by atoms with E-state index in [9.17, 15) is 4.79 Å². The number of benzene rings is 1. The summed E-state index contributed by atoms with van der Waals surface area (Å²) in [5.41, 5.74) is 3.68. The van der Waals surface area contributed by atoms with Crippen molar-refractivity contribution in [2.45, 2.75) is 32.8 Å². The summed E-state index contributed by atoms with van der Waals surface area (Å²) in [7, 11) is 0. The largest absolute Gasteiger partial charge is 0.373 e. The molecule has 1 unspecified atom stereocenters. The third kappa shape index (κ3) is 2.10. The highest BCUT2D eigenvalue weighted by Gasteiger charge is 2.22. The summed E-state index contributed by atoms with van der Waals surface area (Å²) in [6.45, 7) is 4.74. The highest BCUT2D eigenvalue weighted by atomic mass is 16.5. The first-order chi connectivity index (χ1) is 7.18. The molecule has 1 aliphatic rings. The van der Waals surface area contributed by atoms with Crippen LogP contribution >= 0.6 is 0 Å². The fourth-order valence-corrected chi connectivity index (χ4v) is 2.01. The molecule has 0 saturated carbocycles. The van der Waals surface area contributed by atoms with E-state index >= 15 is 0 Å². The molecule has 1 heterocycles. The zero-order valence-corrected chi connectivity index (χ0v) is 9.25. The van der Waals surface area contributed by atoms with Gasteiger partial charge in [-0.2, -0.15) is 0 Å². The van der Waals surface area contributed by atoms with Gasteiger partial charge in [-0.15, -0.1) is 0 Å². The van der Waals surface area contributed by atoms with Gasteiger partial charge in [-0.25, -0.2) is 0 Å². The van der Waals surface area contributed by atoms with Crippen molar-refractivity contribution >= 4 is 5.78 Å². The van der Waals surface area contributed by atoms with Crippen LogP contribution in [-0.2, 0) is 9.53 Å². The van der Waals surface area contributed by atoms with Crippen molar-refractivity contribution in [2.24, 2.45) is 0 Å². The predicted molar refractivity (Wildman–Crippen MR) is 58.9 cm³/mol. The quantitative estimate of drug-likeness (QED) is 0.703. The molecule has 0 aliphatic carbocycles. The molecule has 1 saturated heterocycles. The lowest BCUT2D eigenvalue weighted by Crippen LogP contribution is -2.20. The summed E-state index contributed by atoms with van der Waals surface area (Å²) in [6, 6.07) is 6.18. The van der Waals surface area contributed by atoms with Gasteiger partial charge in [-0.05, 0) is 30.5 Å². The maximum atomic E-state index is 11.4. The van der Waals surface area contributed by atoms with Gasteiger partial charge in [0.2, 0.25) is 0 Å². The van der Waals surface area contributed by atoms with Gasteiger partial charge in [0.1, 0.15) is 5.78 Å². The van der Waals surface area contributed by atoms with Gasteiger partial charge in [0.15, 0.2) is 0 Å². The lowest BCUT2D eigenvalue weighted by atomic mass is 9.94. The molecule has 0 N–H and O–H groups in total. The van der Waals surface area contributed by atoms with Crippen molar-refractivity contribution in [2.75, 3.05) is 6.61 Å². The molecule has 2 heteroatoms. The highest BCUT2D eigenvalue weighted by Crippen LogP contribution is 2.29. The normalized spacial score (nSPS) is 21.7. The van der Waals surface area contributed by atoms with E-state index in [2.05, 4.69) is 26.0 Å². The van der Waals surface area contributed by atoms with Gasteiger partial charge in [0, 0.05) is 12.8 Å². The minimum Gasteiger partial charge on any atom is -0.373 e. The minimum atomic E-state index is -0.0221. The van der Waals surface area contributed by atoms with Crippen LogP contribution in [0.2, 0.25) is 0 Å². The van der Waals surface area contributed by atoms with Gasteiger partial charge < -0.3 is 4.74 Å². The molecule has 0 bridgehead atoms. The first-order valence-corrected chi connectivity index (χ1v) is 5.38. The Morgan fingerprint density at radius 2 is 2.13 bits per heavy atom. The van der Waals surface area contributed by atoms with Crippen LogP contribution in [0.25, 0.3) is 0 Å². The van der Waals surface area contributed by atoms with E-state index in [4.69, 9.17) is 4.74 Å². The van der Waals surface area contributed by atoms with E-state index in [0.717, 1.165) is 0 Å². The van der Waals surface area contributed by atoms with Crippen molar-refractivity contribution in [3.63, 3.8) is 0 Å². The molecule has 0 amide bonds. The van der Waals surface area contributed by atoms with Crippen molar-refractivity contribution < 1.29 is 9.53 Å². The number of ketones is 1. The van der Waals surface area contributed by atoms with E-state index in [1.54, 1.807) is 0 Å². The lowest BCUT2D eigenvalue weighted by molar-refractivity contribution is -0.128. The Morgan fingerprint density at radius 1 is 1.33 bits per heavy atom. The van der Waals surface area contributed by atoms with E-state index in [-0.39, 0.29) is 6.10 Å². The molecular weight excluding hydrogens is 188 g/mol. The minimum absolute atomic E-state index is 0.0221. The van der Waals surface area contributed by atoms with Crippen molar-refractivity contribution in [1.29, 1.82) is 0 Å². The summed E-state index contributed by atoms with van der Waals surface area (Å²) < 4.78 is 5.65. The standard InChI is InChI=1S/C13H16O2/c1-9-4-3-5-12(10(9)2)13-8-11(14)6-7-15-13/h3-5,13H,6-8H2,1-2H3. The van der Waals surface area contributed by atoms with Crippen molar-refractivity contribution in [3.8, 4) is 0 Å². The molecule has 2 rings (SSSR count). The third-order valence-electron chi connectivity index (χ3n) is 3.11. The summed E-state index contributed by atoms with van der Waals surface area (Å²) in [4.78, 5) is 11.4. The van der Waals surface area contributed by atoms with Crippen LogP contribution in [0.4, 0.5) is 0 Å². The molecule has 1 fully saturated rings. The molecule has 1 aromatic carbocycles. The average molecular weight is 204 g/mol. The zero-order valence-electron chi connectivity index (χ0n) is 9.25. The Bertz CT molecular complexity index is 382. The predicted octanol–water partition coefficient (Wildman–Crippen LogP) is 2.72. The number of rotatable bonds is 1. The van der Waals surface area contributed by atoms with Gasteiger partial charge in [-0.3, -0.25) is 4.79 Å². The highest BCUT2D eigenvalue weighted by molar-refractivity contribution is 5.79. The van der Waals surface area contributed by atoms with Crippen LogP contribution in [0.5, 0.6) is 0 Å². The van der Waals surface area contributed by atoms with Crippen LogP contribution in [0.1, 0.15) is 35.6 Å². The fraction of sp³-hybridized carbons (Fsp3) is 0.462. The number of carbonyl (C=O) groups excluding carboxylic acids is 1. The summed E-state index contributed by atoms with van der Waals surface area (Å²) in [5.74, 6) is 0.312. The summed E-state index contributed by atoms with van der Waals surface area (Å²) in [6.07, 6.45) is 1.08. The van der Waals surface area contributed by atoms with Crippen LogP contribution in [0.15, 0.2) is 18.2 Å². The molecule has 0 aromatic heterocycles. The number of ether oxygens (including phenoxy) is 1. The second-order valence-electron chi connectivity index (χ2n) is 4.14. The van der Waals surface area contributed by atoms with Gasteiger partial charge in [-0.1, -0.05) is 18.2 Å². The van der Waals surface area contributed by atoms with Crippen molar-refractivity contribution in [3.05, 3.63) is 34.9 Å². The van der Waals surface area contributed by atoms with Crippen molar-refractivity contribution in [1.82, 2.24) is 0 Å². The zero-order chi connectivity index (χ0) is 10.8. The SMILES string of the molecule is Cc1cccc(C2CC(=O)CCO2)c1C. The summed E-state index contributed by atoms with van der Waals surface area (Å²) >= 11 is 0. The van der Waals surface area contributed by atoms with Gasteiger partial charge in [0.25, 0.3) is 0 Å². The first kappa shape index (κ1) is 10.4. The number of hydrogen-bond donors (Lipinski definition) is 0. The summed E-state index contributed by atoms with van der Waals surface area (Å²) in [5, 5.41) is 0. The fourth-order valence-electron chi connectivity index (χ4n) is 2.01. The van der Waals surface area contributed by atoms with Crippen LogP contribution < -0.4 is 0 Å². The van der Waals surface area contributed by atoms with E-state index in [1.807, 2.05) is 6.07 Å². The Hall–Kier alpha value is -1.15. The molecule has 1 aromatic rings. The molecule has 0 spiro atoms. The van der Waals surface area contributed by atoms with Crippen LogP contribution in [0, 0.1) is 13.8 Å². The molecule has 15 heavy (non-hydrogen) atoms. The smallest absolute Gasteiger partial charge is 0.138 e. The van der Waals surface area contributed by atoms with Gasteiger partial charge >= 0.3 is 0 Å². The average Bonchev–Trinajstić information content (AvgIpc) is 2.22. The monoisotopic (exact) mass is 204 g/mol. The number of aryl methyl sites for hydroxylation is 1. The molecule has 2 nitrogen and oxygen atoms in total. The lowest BCUT2D eigenvalue weighted by Gasteiger charge is -2.24. The van der Waals surface area contributed by atoms with Crippen LogP contribution in [0.3, 0.4) is 0 Å². The Labute approximate surface area is 90.3 Å². The maximum Gasteiger partial charge on any atom is 0.138 e. The second-order valence-corrected chi connectivity index (χ2v) is 4.14. The third-order valence-corrected chi connectivity index (χ3v) is 3.11. The molecular formula is C13H16O2. The Balaban J connectivity index is 2.28. The number of hydrogen-bond acceptors (Lipinski definition) is 2. The van der Waals surface area contributed by atoms with Crippen LogP contribution in [-0.4, -0.2) is 12.4 Å². The van der Waals surface area contributed by atoms with E-state index in [1.165, 1.54) is 16.7 Å². The maximum absolute atomic E-state index is 11.4. The first-order valence-electron chi connectivity index (χ1n) is 5.38. The number of carbonyl (C=O) groups is 1. The molecule has 0 radical (unpaired) electrons.